The van der Waals surface area contributed by atoms with Crippen LogP contribution in [0.2, 0.25) is 0 Å². The summed E-state index contributed by atoms with van der Waals surface area (Å²) in [5, 5.41) is 15.8. The van der Waals surface area contributed by atoms with Crippen LogP contribution < -0.4 is 10.2 Å². The number of esters is 1. The highest BCUT2D eigenvalue weighted by molar-refractivity contribution is 7.89. The van der Waals surface area contributed by atoms with Crippen molar-refractivity contribution in [1.29, 1.82) is 5.26 Å². The number of hydrogen-bond acceptors (Lipinski definition) is 10. The average molecular weight is 539 g/mol. The van der Waals surface area contributed by atoms with Gasteiger partial charge in [0.2, 0.25) is 16.0 Å². The molecule has 13 nitrogen and oxygen atoms in total. The molecule has 38 heavy (non-hydrogen) atoms. The van der Waals surface area contributed by atoms with Gasteiger partial charge in [0.1, 0.15) is 24.0 Å². The van der Waals surface area contributed by atoms with Crippen molar-refractivity contribution in [1.82, 2.24) is 24.1 Å². The van der Waals surface area contributed by atoms with Gasteiger partial charge in [-0.2, -0.15) is 14.7 Å². The van der Waals surface area contributed by atoms with Crippen LogP contribution in [0.4, 0.5) is 11.6 Å². The molecule has 1 saturated heterocycles. The molecule has 3 heterocycles. The number of nitrogens with one attached hydrogen (secondary N) is 1. The average Bonchev–Trinajstić information content (AvgIpc) is 3.37. The summed E-state index contributed by atoms with van der Waals surface area (Å²) in [7, 11) is -3.77. The lowest BCUT2D eigenvalue weighted by molar-refractivity contribution is -0.144. The Morgan fingerprint density at radius 2 is 1.82 bits per heavy atom. The number of benzene rings is 1. The van der Waals surface area contributed by atoms with Gasteiger partial charge in [-0.15, -0.1) is 0 Å². The van der Waals surface area contributed by atoms with Crippen LogP contribution in [-0.4, -0.2) is 77.1 Å². The van der Waals surface area contributed by atoms with Crippen LogP contribution >= 0.6 is 0 Å². The summed E-state index contributed by atoms with van der Waals surface area (Å²) in [6, 6.07) is 10.9. The van der Waals surface area contributed by atoms with Gasteiger partial charge in [0.25, 0.3) is 5.91 Å². The summed E-state index contributed by atoms with van der Waals surface area (Å²) in [5.74, 6) is -0.613. The molecule has 1 aromatic carbocycles. The lowest BCUT2D eigenvalue weighted by Gasteiger charge is -2.34. The molecule has 198 valence electrons. The van der Waals surface area contributed by atoms with Crippen molar-refractivity contribution in [3.63, 3.8) is 0 Å². The summed E-state index contributed by atoms with van der Waals surface area (Å²) >= 11 is 0. The molecule has 0 bridgehead atoms. The highest BCUT2D eigenvalue weighted by Gasteiger charge is 2.29. The van der Waals surface area contributed by atoms with Gasteiger partial charge in [-0.1, -0.05) is 0 Å². The number of nitrogens with zero attached hydrogens (tertiary/aromatic N) is 7. The Balaban J connectivity index is 1.39. The van der Waals surface area contributed by atoms with Crippen molar-refractivity contribution in [3.05, 3.63) is 59.7 Å². The number of aromatic nitrogens is 4. The van der Waals surface area contributed by atoms with E-state index in [1.807, 2.05) is 11.0 Å². The monoisotopic (exact) mass is 538 g/mol. The number of nitriles is 1. The molecular formula is C24H26N8O5S. The van der Waals surface area contributed by atoms with Gasteiger partial charge in [-0.05, 0) is 50.2 Å². The summed E-state index contributed by atoms with van der Waals surface area (Å²) in [6.45, 7) is 4.68. The Morgan fingerprint density at radius 3 is 2.47 bits per heavy atom. The van der Waals surface area contributed by atoms with E-state index in [0.717, 1.165) is 0 Å². The minimum atomic E-state index is -3.77. The highest BCUT2D eigenvalue weighted by Crippen LogP contribution is 2.22. The number of rotatable bonds is 8. The lowest BCUT2D eigenvalue weighted by atomic mass is 10.3. The van der Waals surface area contributed by atoms with Crippen molar-refractivity contribution < 1.29 is 22.7 Å². The predicted molar refractivity (Wildman–Crippen MR) is 136 cm³/mol. The molecule has 0 radical (unpaired) electrons. The maximum Gasteiger partial charge on any atom is 0.327 e. The molecule has 1 aliphatic rings. The molecule has 3 aromatic rings. The number of hydrogen-bond donors (Lipinski definition) is 1. The molecule has 0 atom stereocenters. The number of ether oxygens (including phenoxy) is 1. The van der Waals surface area contributed by atoms with Crippen molar-refractivity contribution in [2.24, 2.45) is 0 Å². The van der Waals surface area contributed by atoms with Gasteiger partial charge in [0, 0.05) is 43.8 Å². The van der Waals surface area contributed by atoms with Crippen LogP contribution in [0.15, 0.2) is 47.5 Å². The Kier molecular flexibility index (Phi) is 7.99. The first kappa shape index (κ1) is 26.7. The van der Waals surface area contributed by atoms with Crippen molar-refractivity contribution in [2.75, 3.05) is 43.0 Å². The van der Waals surface area contributed by atoms with Crippen molar-refractivity contribution in [2.45, 2.75) is 25.3 Å². The van der Waals surface area contributed by atoms with E-state index in [1.54, 1.807) is 19.9 Å². The molecule has 0 saturated carbocycles. The quantitative estimate of drug-likeness (QED) is 0.412. The van der Waals surface area contributed by atoms with E-state index in [-0.39, 0.29) is 42.5 Å². The van der Waals surface area contributed by atoms with E-state index < -0.39 is 21.9 Å². The van der Waals surface area contributed by atoms with Crippen molar-refractivity contribution in [3.8, 4) is 6.07 Å². The van der Waals surface area contributed by atoms with E-state index in [2.05, 4.69) is 20.4 Å². The SMILES string of the molecule is CCOC(=O)Cn1nccc1C(=O)Nc1ccc(S(=O)(=O)N2CCN(c3nc(C)cc(C#N)n3)CC2)cc1. The first-order chi connectivity index (χ1) is 18.2. The molecule has 1 aliphatic heterocycles. The summed E-state index contributed by atoms with van der Waals surface area (Å²) < 4.78 is 33.9. The van der Waals surface area contributed by atoms with Crippen LogP contribution in [0, 0.1) is 18.3 Å². The van der Waals surface area contributed by atoms with E-state index in [1.165, 1.54) is 45.5 Å². The zero-order valence-electron chi connectivity index (χ0n) is 20.9. The third-order valence-corrected chi connectivity index (χ3v) is 7.67. The Hall–Kier alpha value is -4.35. The number of carbonyl (C=O) groups is 2. The molecule has 1 N–H and O–H groups in total. The summed E-state index contributed by atoms with van der Waals surface area (Å²) in [5.41, 5.74) is 1.47. The van der Waals surface area contributed by atoms with Crippen LogP contribution in [0.25, 0.3) is 0 Å². The third-order valence-electron chi connectivity index (χ3n) is 5.76. The van der Waals surface area contributed by atoms with Crippen LogP contribution in [0.5, 0.6) is 0 Å². The normalized spacial score (nSPS) is 14.1. The van der Waals surface area contributed by atoms with Gasteiger partial charge < -0.3 is 15.0 Å². The topological polar surface area (TPSA) is 163 Å². The fraction of sp³-hybridized carbons (Fsp3) is 0.333. The van der Waals surface area contributed by atoms with Crippen LogP contribution in [0.1, 0.15) is 28.8 Å². The Morgan fingerprint density at radius 1 is 1.11 bits per heavy atom. The molecule has 4 rings (SSSR count). The number of anilines is 2. The predicted octanol–water partition coefficient (Wildman–Crippen LogP) is 1.18. The minimum Gasteiger partial charge on any atom is -0.465 e. The van der Waals surface area contributed by atoms with Crippen LogP contribution in [0.3, 0.4) is 0 Å². The summed E-state index contributed by atoms with van der Waals surface area (Å²) in [6.07, 6.45) is 1.40. The maximum absolute atomic E-state index is 13.2. The zero-order valence-corrected chi connectivity index (χ0v) is 21.7. The molecule has 1 amide bonds. The first-order valence-electron chi connectivity index (χ1n) is 11.8. The molecule has 1 fully saturated rings. The van der Waals surface area contributed by atoms with E-state index in [9.17, 15) is 18.0 Å². The molecule has 14 heteroatoms. The minimum absolute atomic E-state index is 0.0925. The molecule has 0 aliphatic carbocycles. The first-order valence-corrected chi connectivity index (χ1v) is 13.2. The maximum atomic E-state index is 13.2. The van der Waals surface area contributed by atoms with Gasteiger partial charge in [0.15, 0.2) is 0 Å². The second kappa shape index (κ2) is 11.4. The van der Waals surface area contributed by atoms with Gasteiger partial charge in [-0.3, -0.25) is 9.59 Å². The molecule has 2 aromatic heterocycles. The third kappa shape index (κ3) is 5.96. The number of aryl methyl sites for hydroxylation is 1. The second-order valence-electron chi connectivity index (χ2n) is 8.36. The zero-order chi connectivity index (χ0) is 27.3. The van der Waals surface area contributed by atoms with Gasteiger partial charge in [0.05, 0.1) is 11.5 Å². The fourth-order valence-electron chi connectivity index (χ4n) is 3.91. The largest absolute Gasteiger partial charge is 0.465 e. The summed E-state index contributed by atoms with van der Waals surface area (Å²) in [4.78, 5) is 35.0. The van der Waals surface area contributed by atoms with Crippen molar-refractivity contribution >= 4 is 33.5 Å². The van der Waals surface area contributed by atoms with Gasteiger partial charge in [-0.25, -0.2) is 23.1 Å². The molecule has 0 unspecified atom stereocenters. The Labute approximate surface area is 219 Å². The standard InChI is InChI=1S/C24H26N8O5S/c1-3-37-22(33)16-32-21(8-9-26-32)23(34)28-18-4-6-20(7-5-18)38(35,36)31-12-10-30(11-13-31)24-27-17(2)14-19(15-25)29-24/h4-9,14H,3,10-13,16H2,1-2H3,(H,28,34). The number of sulfonamides is 1. The van der Waals surface area contributed by atoms with Gasteiger partial charge >= 0.3 is 5.97 Å². The number of amides is 1. The van der Waals surface area contributed by atoms with Crippen LogP contribution in [-0.2, 0) is 26.1 Å². The lowest BCUT2D eigenvalue weighted by Crippen LogP contribution is -2.49. The number of piperazine rings is 1. The Bertz CT molecular complexity index is 1470. The fourth-order valence-corrected chi connectivity index (χ4v) is 5.34. The van der Waals surface area contributed by atoms with E-state index in [0.29, 0.717) is 30.4 Å². The van der Waals surface area contributed by atoms with E-state index >= 15 is 0 Å². The number of carbonyl (C=O) groups excluding carboxylic acids is 2. The molecular weight excluding hydrogens is 512 g/mol. The smallest absolute Gasteiger partial charge is 0.327 e. The second-order valence-corrected chi connectivity index (χ2v) is 10.3. The molecule has 0 spiro atoms. The van der Waals surface area contributed by atoms with E-state index in [4.69, 9.17) is 10.00 Å². The highest BCUT2D eigenvalue weighted by atomic mass is 32.2.